The summed E-state index contributed by atoms with van der Waals surface area (Å²) in [5, 5.41) is 11.7. The summed E-state index contributed by atoms with van der Waals surface area (Å²) in [6.07, 6.45) is 2.51. The number of halogens is 1. The fraction of sp³-hybridized carbons (Fsp3) is 0.133. The number of carbonyl (C=O) groups excluding carboxylic acids is 1. The summed E-state index contributed by atoms with van der Waals surface area (Å²) < 4.78 is 0.474. The second-order valence-corrected chi connectivity index (χ2v) is 5.22. The van der Waals surface area contributed by atoms with Crippen LogP contribution in [0, 0.1) is 0 Å². The number of carboxylic acid groups (broad SMARTS) is 1. The lowest BCUT2D eigenvalue weighted by Gasteiger charge is -2.07. The lowest BCUT2D eigenvalue weighted by Crippen LogP contribution is -2.13. The number of hydrogen-bond donors (Lipinski definition) is 2. The van der Waals surface area contributed by atoms with Gasteiger partial charge in [-0.25, -0.2) is 4.79 Å². The van der Waals surface area contributed by atoms with Gasteiger partial charge in [-0.2, -0.15) is 0 Å². The second kappa shape index (κ2) is 6.99. The van der Waals surface area contributed by atoms with E-state index in [0.29, 0.717) is 16.6 Å². The molecule has 1 amide bonds. The van der Waals surface area contributed by atoms with Crippen molar-refractivity contribution in [2.24, 2.45) is 0 Å². The monoisotopic (exact) mass is 348 g/mol. The molecule has 0 saturated carbocycles. The molecule has 0 radical (unpaired) electrons. The van der Waals surface area contributed by atoms with E-state index in [9.17, 15) is 9.59 Å². The van der Waals surface area contributed by atoms with Crippen LogP contribution in [0.5, 0.6) is 0 Å². The van der Waals surface area contributed by atoms with Gasteiger partial charge in [0.1, 0.15) is 0 Å². The first-order chi connectivity index (χ1) is 10.1. The molecule has 1 aromatic heterocycles. The first-order valence-electron chi connectivity index (χ1n) is 6.29. The first-order valence-corrected chi connectivity index (χ1v) is 7.08. The van der Waals surface area contributed by atoms with Crippen molar-refractivity contribution in [2.75, 3.05) is 5.32 Å². The number of carboxylic acids is 1. The molecule has 0 aliphatic heterocycles. The summed E-state index contributed by atoms with van der Waals surface area (Å²) in [6.45, 7) is 0. The van der Waals surface area contributed by atoms with Gasteiger partial charge in [-0.1, -0.05) is 6.07 Å². The number of hydrogen-bond acceptors (Lipinski definition) is 3. The van der Waals surface area contributed by atoms with Crippen LogP contribution in [0.3, 0.4) is 0 Å². The fourth-order valence-corrected chi connectivity index (χ4v) is 2.19. The van der Waals surface area contributed by atoms with Crippen molar-refractivity contribution in [2.45, 2.75) is 12.8 Å². The van der Waals surface area contributed by atoms with Crippen LogP contribution in [0.2, 0.25) is 0 Å². The summed E-state index contributed by atoms with van der Waals surface area (Å²) in [6, 6.07) is 10.2. The van der Waals surface area contributed by atoms with Crippen LogP contribution in [-0.4, -0.2) is 22.0 Å². The Morgan fingerprint density at radius 3 is 2.71 bits per heavy atom. The normalized spacial score (nSPS) is 10.1. The van der Waals surface area contributed by atoms with E-state index in [4.69, 9.17) is 5.11 Å². The molecule has 1 heterocycles. The van der Waals surface area contributed by atoms with Crippen LogP contribution in [-0.2, 0) is 11.2 Å². The van der Waals surface area contributed by atoms with E-state index in [0.717, 1.165) is 5.69 Å². The summed E-state index contributed by atoms with van der Waals surface area (Å²) in [5.74, 6) is -1.23. The largest absolute Gasteiger partial charge is 0.478 e. The summed E-state index contributed by atoms with van der Waals surface area (Å²) >= 11 is 3.16. The summed E-state index contributed by atoms with van der Waals surface area (Å²) in [4.78, 5) is 27.0. The molecule has 0 spiro atoms. The Labute approximate surface area is 130 Å². The van der Waals surface area contributed by atoms with Gasteiger partial charge in [0.25, 0.3) is 0 Å². The van der Waals surface area contributed by atoms with Gasteiger partial charge in [0.2, 0.25) is 5.91 Å². The van der Waals surface area contributed by atoms with Crippen molar-refractivity contribution in [3.8, 4) is 0 Å². The highest BCUT2D eigenvalue weighted by molar-refractivity contribution is 9.10. The molecule has 0 atom stereocenters. The molecule has 1 aromatic carbocycles. The molecule has 0 saturated heterocycles. The van der Waals surface area contributed by atoms with Crippen molar-refractivity contribution < 1.29 is 14.7 Å². The Bertz CT molecular complexity index is 659. The van der Waals surface area contributed by atoms with E-state index in [1.807, 2.05) is 18.2 Å². The first kappa shape index (κ1) is 15.2. The van der Waals surface area contributed by atoms with E-state index >= 15 is 0 Å². The number of nitrogens with zero attached hydrogens (tertiary/aromatic N) is 1. The van der Waals surface area contributed by atoms with Crippen LogP contribution in [0.15, 0.2) is 47.1 Å². The van der Waals surface area contributed by atoms with E-state index in [1.54, 1.807) is 18.3 Å². The van der Waals surface area contributed by atoms with Gasteiger partial charge in [-0.3, -0.25) is 9.78 Å². The van der Waals surface area contributed by atoms with Crippen LogP contribution < -0.4 is 5.32 Å². The summed E-state index contributed by atoms with van der Waals surface area (Å²) in [5.41, 5.74) is 1.41. The van der Waals surface area contributed by atoms with Gasteiger partial charge in [0.15, 0.2) is 0 Å². The van der Waals surface area contributed by atoms with Crippen molar-refractivity contribution in [3.05, 3.63) is 58.3 Å². The molecule has 0 aliphatic rings. The minimum Gasteiger partial charge on any atom is -0.478 e. The van der Waals surface area contributed by atoms with E-state index in [1.165, 1.54) is 6.07 Å². The minimum atomic E-state index is -1.05. The predicted molar refractivity (Wildman–Crippen MR) is 82.3 cm³/mol. The average molecular weight is 349 g/mol. The van der Waals surface area contributed by atoms with Crippen LogP contribution in [0.4, 0.5) is 5.69 Å². The SMILES string of the molecule is O=C(CCc1ccccn1)Nc1ccc(Br)c(C(=O)O)c1. The maximum absolute atomic E-state index is 11.9. The lowest BCUT2D eigenvalue weighted by molar-refractivity contribution is -0.116. The number of aromatic nitrogens is 1. The number of benzene rings is 1. The lowest BCUT2D eigenvalue weighted by atomic mass is 10.2. The number of aromatic carboxylic acids is 1. The Hall–Kier alpha value is -2.21. The van der Waals surface area contributed by atoms with Crippen LogP contribution in [0.1, 0.15) is 22.5 Å². The Kier molecular flexibility index (Phi) is 5.05. The zero-order valence-electron chi connectivity index (χ0n) is 11.0. The number of carbonyl (C=O) groups is 2. The number of rotatable bonds is 5. The van der Waals surface area contributed by atoms with Gasteiger partial charge >= 0.3 is 5.97 Å². The van der Waals surface area contributed by atoms with Gasteiger partial charge in [0, 0.05) is 28.5 Å². The average Bonchev–Trinajstić information content (AvgIpc) is 2.48. The smallest absolute Gasteiger partial charge is 0.336 e. The molecule has 2 N–H and O–H groups in total. The predicted octanol–water partition coefficient (Wildman–Crippen LogP) is 3.11. The number of amides is 1. The van der Waals surface area contributed by atoms with Crippen molar-refractivity contribution >= 4 is 33.5 Å². The van der Waals surface area contributed by atoms with Gasteiger partial charge < -0.3 is 10.4 Å². The molecule has 0 aliphatic carbocycles. The van der Waals surface area contributed by atoms with Crippen molar-refractivity contribution in [1.82, 2.24) is 4.98 Å². The third kappa shape index (κ3) is 4.39. The van der Waals surface area contributed by atoms with E-state index in [-0.39, 0.29) is 17.9 Å². The maximum Gasteiger partial charge on any atom is 0.336 e. The summed E-state index contributed by atoms with van der Waals surface area (Å²) in [7, 11) is 0. The van der Waals surface area contributed by atoms with Gasteiger partial charge in [0.05, 0.1) is 5.56 Å². The third-order valence-corrected chi connectivity index (χ3v) is 3.51. The molecule has 5 nitrogen and oxygen atoms in total. The van der Waals surface area contributed by atoms with Gasteiger partial charge in [-0.15, -0.1) is 0 Å². The molecule has 2 rings (SSSR count). The fourth-order valence-electron chi connectivity index (χ4n) is 1.78. The molecule has 0 unspecified atom stereocenters. The molecule has 21 heavy (non-hydrogen) atoms. The third-order valence-electron chi connectivity index (χ3n) is 2.81. The number of anilines is 1. The van der Waals surface area contributed by atoms with E-state index in [2.05, 4.69) is 26.2 Å². The van der Waals surface area contributed by atoms with Crippen LogP contribution >= 0.6 is 15.9 Å². The molecular weight excluding hydrogens is 336 g/mol. The highest BCUT2D eigenvalue weighted by atomic mass is 79.9. The quantitative estimate of drug-likeness (QED) is 0.869. The van der Waals surface area contributed by atoms with E-state index < -0.39 is 5.97 Å². The zero-order chi connectivity index (χ0) is 15.2. The number of pyridine rings is 1. The highest BCUT2D eigenvalue weighted by Gasteiger charge is 2.10. The molecule has 108 valence electrons. The maximum atomic E-state index is 11.9. The highest BCUT2D eigenvalue weighted by Crippen LogP contribution is 2.21. The Balaban J connectivity index is 1.97. The molecule has 6 heteroatoms. The zero-order valence-corrected chi connectivity index (χ0v) is 12.6. The Morgan fingerprint density at radius 2 is 2.05 bits per heavy atom. The molecule has 2 aromatic rings. The standard InChI is InChI=1S/C15H13BrN2O3/c16-13-6-4-11(9-12(13)15(20)21)18-14(19)7-5-10-3-1-2-8-17-10/h1-4,6,8-9H,5,7H2,(H,18,19)(H,20,21). The number of nitrogens with one attached hydrogen (secondary N) is 1. The molecular formula is C15H13BrN2O3. The minimum absolute atomic E-state index is 0.109. The second-order valence-electron chi connectivity index (χ2n) is 4.37. The van der Waals surface area contributed by atoms with Gasteiger partial charge in [-0.05, 0) is 52.7 Å². The molecule has 0 fully saturated rings. The number of aryl methyl sites for hydroxylation is 1. The van der Waals surface area contributed by atoms with Crippen molar-refractivity contribution in [1.29, 1.82) is 0 Å². The molecule has 0 bridgehead atoms. The topological polar surface area (TPSA) is 79.3 Å². The van der Waals surface area contributed by atoms with Crippen molar-refractivity contribution in [3.63, 3.8) is 0 Å². The Morgan fingerprint density at radius 1 is 1.24 bits per heavy atom. The van der Waals surface area contributed by atoms with Crippen LogP contribution in [0.25, 0.3) is 0 Å².